The van der Waals surface area contributed by atoms with Gasteiger partial charge in [0.2, 0.25) is 5.91 Å². The molecule has 1 heterocycles. The predicted molar refractivity (Wildman–Crippen MR) is 119 cm³/mol. The van der Waals surface area contributed by atoms with E-state index in [4.69, 9.17) is 0 Å². The number of hydrogen-bond donors (Lipinski definition) is 1. The van der Waals surface area contributed by atoms with Crippen LogP contribution in [0.4, 0.5) is 11.4 Å². The van der Waals surface area contributed by atoms with Crippen molar-refractivity contribution in [1.82, 2.24) is 0 Å². The third-order valence-electron chi connectivity index (χ3n) is 4.89. The number of para-hydroxylation sites is 1. The van der Waals surface area contributed by atoms with E-state index in [9.17, 15) is 9.59 Å². The highest BCUT2D eigenvalue weighted by atomic mass is 32.2. The van der Waals surface area contributed by atoms with E-state index in [0.717, 1.165) is 22.8 Å². The minimum atomic E-state index is -0.0269. The Hall–Kier alpha value is -3.05. The second-order valence-electron chi connectivity index (χ2n) is 6.87. The average Bonchev–Trinajstić information content (AvgIpc) is 3.19. The molecular weight excluding hydrogens is 380 g/mol. The first-order chi connectivity index (χ1) is 14.2. The molecule has 146 valence electrons. The molecule has 0 atom stereocenters. The molecule has 0 unspecified atom stereocenters. The van der Waals surface area contributed by atoms with E-state index in [1.54, 1.807) is 36.0 Å². The minimum Gasteiger partial charge on any atom is -0.326 e. The average molecular weight is 403 g/mol. The summed E-state index contributed by atoms with van der Waals surface area (Å²) in [7, 11) is 0. The highest BCUT2D eigenvalue weighted by molar-refractivity contribution is 7.99. The Balaban J connectivity index is 1.31. The zero-order valence-electron chi connectivity index (χ0n) is 16.0. The molecule has 4 rings (SSSR count). The Bertz CT molecular complexity index is 1000. The second-order valence-corrected chi connectivity index (χ2v) is 8.04. The first-order valence-electron chi connectivity index (χ1n) is 9.68. The Morgan fingerprint density at radius 1 is 0.897 bits per heavy atom. The smallest absolute Gasteiger partial charge is 0.258 e. The van der Waals surface area contributed by atoms with Crippen LogP contribution in [0.25, 0.3) is 0 Å². The molecule has 0 bridgehead atoms. The SMILES string of the molecule is O=C(CCSc1ccccc1)Nc1ccc(C(=O)N2CCc3ccccc32)cc1. The molecule has 0 radical (unpaired) electrons. The van der Waals surface area contributed by atoms with Crippen molar-refractivity contribution in [3.05, 3.63) is 90.0 Å². The predicted octanol–water partition coefficient (Wildman–Crippen LogP) is 5.01. The molecule has 0 aliphatic carbocycles. The Morgan fingerprint density at radius 3 is 2.41 bits per heavy atom. The fourth-order valence-electron chi connectivity index (χ4n) is 3.40. The van der Waals surface area contributed by atoms with Gasteiger partial charge in [-0.2, -0.15) is 0 Å². The lowest BCUT2D eigenvalue weighted by Crippen LogP contribution is -2.28. The zero-order chi connectivity index (χ0) is 20.1. The van der Waals surface area contributed by atoms with Crippen LogP contribution in [0.3, 0.4) is 0 Å². The van der Waals surface area contributed by atoms with E-state index in [-0.39, 0.29) is 11.8 Å². The molecule has 3 aromatic rings. The third kappa shape index (κ3) is 4.69. The summed E-state index contributed by atoms with van der Waals surface area (Å²) in [4.78, 5) is 28.0. The summed E-state index contributed by atoms with van der Waals surface area (Å²) in [5.74, 6) is 0.689. The molecule has 1 N–H and O–H groups in total. The van der Waals surface area contributed by atoms with Gasteiger partial charge in [-0.3, -0.25) is 9.59 Å². The van der Waals surface area contributed by atoms with Crippen molar-refractivity contribution >= 4 is 35.0 Å². The van der Waals surface area contributed by atoms with Gasteiger partial charge in [0.25, 0.3) is 5.91 Å². The van der Waals surface area contributed by atoms with Gasteiger partial charge in [-0.15, -0.1) is 11.8 Å². The van der Waals surface area contributed by atoms with Gasteiger partial charge in [0, 0.05) is 40.6 Å². The number of fused-ring (bicyclic) bond motifs is 1. The van der Waals surface area contributed by atoms with Crippen LogP contribution < -0.4 is 10.2 Å². The van der Waals surface area contributed by atoms with Gasteiger partial charge in [-0.1, -0.05) is 36.4 Å². The number of nitrogens with zero attached hydrogens (tertiary/aromatic N) is 1. The van der Waals surface area contributed by atoms with Crippen LogP contribution in [0.1, 0.15) is 22.3 Å². The summed E-state index contributed by atoms with van der Waals surface area (Å²) in [5.41, 5.74) is 3.53. The molecule has 1 aliphatic heterocycles. The van der Waals surface area contributed by atoms with Gasteiger partial charge >= 0.3 is 0 Å². The summed E-state index contributed by atoms with van der Waals surface area (Å²) in [6, 6.07) is 25.2. The van der Waals surface area contributed by atoms with E-state index in [1.165, 1.54) is 5.56 Å². The largest absolute Gasteiger partial charge is 0.326 e. The van der Waals surface area contributed by atoms with Crippen LogP contribution in [-0.2, 0) is 11.2 Å². The van der Waals surface area contributed by atoms with Crippen molar-refractivity contribution in [1.29, 1.82) is 0 Å². The third-order valence-corrected chi connectivity index (χ3v) is 5.90. The molecule has 0 aromatic heterocycles. The molecule has 0 saturated heterocycles. The highest BCUT2D eigenvalue weighted by Crippen LogP contribution is 2.29. The topological polar surface area (TPSA) is 49.4 Å². The maximum absolute atomic E-state index is 12.9. The van der Waals surface area contributed by atoms with Crippen molar-refractivity contribution in [3.8, 4) is 0 Å². The lowest BCUT2D eigenvalue weighted by molar-refractivity contribution is -0.115. The number of thioether (sulfide) groups is 1. The molecule has 2 amide bonds. The number of carbonyl (C=O) groups excluding carboxylic acids is 2. The van der Waals surface area contributed by atoms with Gasteiger partial charge in [0.1, 0.15) is 0 Å². The Morgan fingerprint density at radius 2 is 1.62 bits per heavy atom. The van der Waals surface area contributed by atoms with Gasteiger partial charge < -0.3 is 10.2 Å². The quantitative estimate of drug-likeness (QED) is 0.590. The van der Waals surface area contributed by atoms with E-state index >= 15 is 0 Å². The van der Waals surface area contributed by atoms with Crippen molar-refractivity contribution in [3.63, 3.8) is 0 Å². The maximum Gasteiger partial charge on any atom is 0.258 e. The molecule has 1 aliphatic rings. The lowest BCUT2D eigenvalue weighted by atomic mass is 10.1. The van der Waals surface area contributed by atoms with Crippen LogP contribution in [0.2, 0.25) is 0 Å². The van der Waals surface area contributed by atoms with Crippen LogP contribution in [0.5, 0.6) is 0 Å². The van der Waals surface area contributed by atoms with Crippen LogP contribution in [0.15, 0.2) is 83.8 Å². The number of rotatable bonds is 6. The van der Waals surface area contributed by atoms with Crippen LogP contribution in [0, 0.1) is 0 Å². The normalized spacial score (nSPS) is 12.5. The van der Waals surface area contributed by atoms with Crippen molar-refractivity contribution in [2.45, 2.75) is 17.7 Å². The van der Waals surface area contributed by atoms with E-state index in [2.05, 4.69) is 11.4 Å². The van der Waals surface area contributed by atoms with Crippen LogP contribution in [-0.4, -0.2) is 24.1 Å². The first kappa shape index (κ1) is 19.3. The van der Waals surface area contributed by atoms with Gasteiger partial charge in [0.05, 0.1) is 0 Å². The number of benzene rings is 3. The highest BCUT2D eigenvalue weighted by Gasteiger charge is 2.24. The molecule has 0 fully saturated rings. The molecule has 0 saturated carbocycles. The summed E-state index contributed by atoms with van der Waals surface area (Å²) in [6.07, 6.45) is 1.32. The van der Waals surface area contributed by atoms with Crippen molar-refractivity contribution in [2.75, 3.05) is 22.5 Å². The first-order valence-corrected chi connectivity index (χ1v) is 10.7. The number of anilines is 2. The Labute approximate surface area is 174 Å². The number of carbonyl (C=O) groups is 2. The Kier molecular flexibility index (Phi) is 5.96. The molecule has 3 aromatic carbocycles. The standard InChI is InChI=1S/C24H22N2O2S/c27-23(15-17-29-21-7-2-1-3-8-21)25-20-12-10-19(11-13-20)24(28)26-16-14-18-6-4-5-9-22(18)26/h1-13H,14-17H2,(H,25,27). The van der Waals surface area contributed by atoms with E-state index < -0.39 is 0 Å². The van der Waals surface area contributed by atoms with Crippen LogP contribution >= 0.6 is 11.8 Å². The maximum atomic E-state index is 12.9. The zero-order valence-corrected chi connectivity index (χ0v) is 16.8. The summed E-state index contributed by atoms with van der Waals surface area (Å²) in [5, 5.41) is 2.90. The van der Waals surface area contributed by atoms with Crippen molar-refractivity contribution < 1.29 is 9.59 Å². The summed E-state index contributed by atoms with van der Waals surface area (Å²) >= 11 is 1.66. The molecule has 0 spiro atoms. The van der Waals surface area contributed by atoms with Gasteiger partial charge in [0.15, 0.2) is 0 Å². The molecule has 4 nitrogen and oxygen atoms in total. The number of amides is 2. The molecular formula is C24H22N2O2S. The lowest BCUT2D eigenvalue weighted by Gasteiger charge is -2.17. The number of hydrogen-bond acceptors (Lipinski definition) is 3. The van der Waals surface area contributed by atoms with E-state index in [1.807, 2.05) is 53.4 Å². The van der Waals surface area contributed by atoms with Gasteiger partial charge in [-0.05, 0) is 54.4 Å². The van der Waals surface area contributed by atoms with E-state index in [0.29, 0.717) is 24.2 Å². The fourth-order valence-corrected chi connectivity index (χ4v) is 4.28. The minimum absolute atomic E-state index is 0.00733. The van der Waals surface area contributed by atoms with Gasteiger partial charge in [-0.25, -0.2) is 0 Å². The number of nitrogens with one attached hydrogen (secondary N) is 1. The molecule has 5 heteroatoms. The summed E-state index contributed by atoms with van der Waals surface area (Å²) in [6.45, 7) is 0.704. The summed E-state index contributed by atoms with van der Waals surface area (Å²) < 4.78 is 0. The second kappa shape index (κ2) is 8.97. The van der Waals surface area contributed by atoms with Crippen molar-refractivity contribution in [2.24, 2.45) is 0 Å². The fraction of sp³-hybridized carbons (Fsp3) is 0.167. The monoisotopic (exact) mass is 402 g/mol. The molecule has 29 heavy (non-hydrogen) atoms.